The van der Waals surface area contributed by atoms with Crippen molar-refractivity contribution in [2.75, 3.05) is 18.6 Å². The molecule has 0 bridgehead atoms. The van der Waals surface area contributed by atoms with Crippen LogP contribution in [0.4, 0.5) is 10.5 Å². The van der Waals surface area contributed by atoms with Gasteiger partial charge in [0.1, 0.15) is 5.60 Å². The molecule has 7 nitrogen and oxygen atoms in total. The fourth-order valence-corrected chi connectivity index (χ4v) is 5.01. The second kappa shape index (κ2) is 13.3. The fraction of sp³-hybridized carbons (Fsp3) is 0.441. The Bertz CT molecular complexity index is 1290. The molecule has 1 aliphatic carbocycles. The molecule has 7 heteroatoms. The number of amides is 2. The van der Waals surface area contributed by atoms with Gasteiger partial charge < -0.3 is 19.7 Å². The summed E-state index contributed by atoms with van der Waals surface area (Å²) in [7, 11) is 1.69. The molecule has 3 aromatic rings. The Morgan fingerprint density at radius 1 is 1.02 bits per heavy atom. The first-order valence-corrected chi connectivity index (χ1v) is 14.5. The van der Waals surface area contributed by atoms with Crippen LogP contribution in [0, 0.1) is 11.8 Å². The molecule has 0 spiro atoms. The highest BCUT2D eigenvalue weighted by Crippen LogP contribution is 2.48. The number of ether oxygens (including phenoxy) is 2. The van der Waals surface area contributed by atoms with Crippen LogP contribution in [0.15, 0.2) is 72.9 Å². The van der Waals surface area contributed by atoms with Crippen LogP contribution in [0.1, 0.15) is 64.6 Å². The molecule has 2 aromatic carbocycles. The Morgan fingerprint density at radius 3 is 2.24 bits per heavy atom. The Hall–Kier alpha value is -3.71. The molecule has 41 heavy (non-hydrogen) atoms. The van der Waals surface area contributed by atoms with E-state index in [4.69, 9.17) is 9.47 Å². The Labute approximate surface area is 244 Å². The van der Waals surface area contributed by atoms with Crippen LogP contribution in [-0.4, -0.2) is 42.3 Å². The maximum atomic E-state index is 14.0. The first kappa shape index (κ1) is 30.3. The molecule has 2 amide bonds. The molecule has 4 atom stereocenters. The number of alkyl carbamates (subject to hydrolysis) is 1. The Kier molecular flexibility index (Phi) is 9.81. The third kappa shape index (κ3) is 8.17. The predicted molar refractivity (Wildman–Crippen MR) is 163 cm³/mol. The highest BCUT2D eigenvalue weighted by atomic mass is 16.6. The zero-order chi connectivity index (χ0) is 29.6. The van der Waals surface area contributed by atoms with Crippen LogP contribution < -0.4 is 10.2 Å². The molecular weight excluding hydrogens is 514 g/mol. The first-order chi connectivity index (χ1) is 19.6. The third-order valence-electron chi connectivity index (χ3n) is 7.63. The van der Waals surface area contributed by atoms with Gasteiger partial charge in [0, 0.05) is 43.1 Å². The molecule has 4 rings (SSSR count). The van der Waals surface area contributed by atoms with Crippen molar-refractivity contribution in [1.29, 1.82) is 0 Å². The summed E-state index contributed by atoms with van der Waals surface area (Å²) in [6.07, 6.45) is 2.92. The number of methoxy groups -OCH3 is 1. The van der Waals surface area contributed by atoms with Gasteiger partial charge in [-0.25, -0.2) is 4.79 Å². The minimum Gasteiger partial charge on any atom is -0.444 e. The minimum atomic E-state index is -0.610. The van der Waals surface area contributed by atoms with Crippen molar-refractivity contribution in [3.63, 3.8) is 0 Å². The van der Waals surface area contributed by atoms with E-state index in [2.05, 4.69) is 48.4 Å². The van der Waals surface area contributed by atoms with Crippen molar-refractivity contribution >= 4 is 17.7 Å². The van der Waals surface area contributed by atoms with Crippen LogP contribution in [0.3, 0.4) is 0 Å². The van der Waals surface area contributed by atoms with E-state index in [0.717, 1.165) is 40.9 Å². The summed E-state index contributed by atoms with van der Waals surface area (Å²) in [5.74, 6) is 0.152. The average molecular weight is 558 g/mol. The number of carbonyl (C=O) groups is 2. The molecule has 1 fully saturated rings. The highest BCUT2D eigenvalue weighted by Gasteiger charge is 2.47. The van der Waals surface area contributed by atoms with E-state index in [1.54, 1.807) is 13.3 Å². The topological polar surface area (TPSA) is 80.8 Å². The monoisotopic (exact) mass is 557 g/mol. The normalized spacial score (nSPS) is 17.8. The molecule has 218 valence electrons. The van der Waals surface area contributed by atoms with Crippen molar-refractivity contribution < 1.29 is 19.1 Å². The largest absolute Gasteiger partial charge is 0.444 e. The van der Waals surface area contributed by atoms with E-state index in [0.29, 0.717) is 13.2 Å². The standard InChI is InChI=1S/C34H43N3O4/c1-7-23(2)31(36-33(39)41-34(3,4)5)21-37(32(38)29-20-28(29)30-10-8-9-19-35-30)27-17-15-26(16-18-27)25-13-11-24(12-14-25)22-40-6/h8-19,23,28-29,31H,7,20-22H2,1-6H3,(H,36,39)/t23-,28?,29?,31+/m0/s1. The minimum absolute atomic E-state index is 0.0524. The third-order valence-corrected chi connectivity index (χ3v) is 7.63. The molecule has 1 aliphatic rings. The molecule has 0 radical (unpaired) electrons. The summed E-state index contributed by atoms with van der Waals surface area (Å²) in [6, 6.07) is 21.9. The molecule has 1 heterocycles. The number of pyridine rings is 1. The zero-order valence-corrected chi connectivity index (χ0v) is 25.1. The number of hydrogen-bond donors (Lipinski definition) is 1. The average Bonchev–Trinajstić information content (AvgIpc) is 3.76. The number of rotatable bonds is 11. The number of aromatic nitrogens is 1. The lowest BCUT2D eigenvalue weighted by Gasteiger charge is -2.32. The number of nitrogens with one attached hydrogen (secondary N) is 1. The molecule has 1 aromatic heterocycles. The van der Waals surface area contributed by atoms with Crippen molar-refractivity contribution in [1.82, 2.24) is 10.3 Å². The highest BCUT2D eigenvalue weighted by molar-refractivity contribution is 5.97. The van der Waals surface area contributed by atoms with Crippen LogP contribution in [0.5, 0.6) is 0 Å². The van der Waals surface area contributed by atoms with E-state index in [-0.39, 0.29) is 29.7 Å². The van der Waals surface area contributed by atoms with Crippen molar-refractivity contribution in [3.05, 3.63) is 84.2 Å². The van der Waals surface area contributed by atoms with Crippen LogP contribution in [0.2, 0.25) is 0 Å². The number of anilines is 1. The van der Waals surface area contributed by atoms with Gasteiger partial charge in [-0.2, -0.15) is 0 Å². The van der Waals surface area contributed by atoms with Gasteiger partial charge in [-0.05, 0) is 74.1 Å². The van der Waals surface area contributed by atoms with Gasteiger partial charge in [0.05, 0.1) is 12.6 Å². The predicted octanol–water partition coefficient (Wildman–Crippen LogP) is 6.97. The maximum absolute atomic E-state index is 14.0. The summed E-state index contributed by atoms with van der Waals surface area (Å²) in [5, 5.41) is 3.06. The summed E-state index contributed by atoms with van der Waals surface area (Å²) < 4.78 is 10.8. The molecule has 2 unspecified atom stereocenters. The second-order valence-corrected chi connectivity index (χ2v) is 12.0. The summed E-state index contributed by atoms with van der Waals surface area (Å²) >= 11 is 0. The second-order valence-electron chi connectivity index (χ2n) is 12.0. The van der Waals surface area contributed by atoms with E-state index in [1.807, 2.05) is 68.1 Å². The lowest BCUT2D eigenvalue weighted by Crippen LogP contribution is -2.50. The number of nitrogens with zero attached hydrogens (tertiary/aromatic N) is 2. The van der Waals surface area contributed by atoms with E-state index >= 15 is 0 Å². The van der Waals surface area contributed by atoms with E-state index in [1.165, 1.54) is 0 Å². The van der Waals surface area contributed by atoms with Crippen molar-refractivity contribution in [3.8, 4) is 11.1 Å². The molecule has 1 N–H and O–H groups in total. The van der Waals surface area contributed by atoms with Crippen LogP contribution in [-0.2, 0) is 20.9 Å². The first-order valence-electron chi connectivity index (χ1n) is 14.5. The van der Waals surface area contributed by atoms with Gasteiger partial charge >= 0.3 is 6.09 Å². The van der Waals surface area contributed by atoms with Gasteiger partial charge in [0.25, 0.3) is 0 Å². The summed E-state index contributed by atoms with van der Waals surface area (Å²) in [6.45, 7) is 10.6. The number of carbonyl (C=O) groups excluding carboxylic acids is 2. The van der Waals surface area contributed by atoms with Gasteiger partial charge in [0.15, 0.2) is 0 Å². The van der Waals surface area contributed by atoms with Crippen LogP contribution in [0.25, 0.3) is 11.1 Å². The van der Waals surface area contributed by atoms with E-state index in [9.17, 15) is 9.59 Å². The van der Waals surface area contributed by atoms with Gasteiger partial charge in [0.2, 0.25) is 5.91 Å². The van der Waals surface area contributed by atoms with Gasteiger partial charge in [-0.1, -0.05) is 62.7 Å². The van der Waals surface area contributed by atoms with Crippen molar-refractivity contribution in [2.24, 2.45) is 11.8 Å². The number of hydrogen-bond acceptors (Lipinski definition) is 5. The lowest BCUT2D eigenvalue weighted by atomic mass is 9.97. The molecule has 1 saturated carbocycles. The lowest BCUT2D eigenvalue weighted by molar-refractivity contribution is -0.120. The Balaban J connectivity index is 1.59. The molecule has 0 saturated heterocycles. The van der Waals surface area contributed by atoms with Crippen molar-refractivity contribution in [2.45, 2.75) is 71.6 Å². The quantitative estimate of drug-likeness (QED) is 0.275. The Morgan fingerprint density at radius 2 is 1.68 bits per heavy atom. The zero-order valence-electron chi connectivity index (χ0n) is 25.1. The number of benzene rings is 2. The molecule has 0 aliphatic heterocycles. The fourth-order valence-electron chi connectivity index (χ4n) is 5.01. The van der Waals surface area contributed by atoms with E-state index < -0.39 is 11.7 Å². The van der Waals surface area contributed by atoms with Crippen LogP contribution >= 0.6 is 0 Å². The SMILES string of the molecule is CC[C@H](C)[C@@H](CN(C(=O)C1CC1c1ccccn1)c1ccc(-c2ccc(COC)cc2)cc1)NC(=O)OC(C)(C)C. The maximum Gasteiger partial charge on any atom is 0.407 e. The summed E-state index contributed by atoms with van der Waals surface area (Å²) in [5.41, 5.74) is 4.42. The smallest absolute Gasteiger partial charge is 0.407 e. The van der Waals surface area contributed by atoms with Gasteiger partial charge in [-0.15, -0.1) is 0 Å². The summed E-state index contributed by atoms with van der Waals surface area (Å²) in [4.78, 5) is 33.2. The molecular formula is C34H43N3O4. The van der Waals surface area contributed by atoms with Gasteiger partial charge in [-0.3, -0.25) is 9.78 Å².